The van der Waals surface area contributed by atoms with Crippen LogP contribution in [0.3, 0.4) is 0 Å². The molecule has 0 aliphatic carbocycles. The summed E-state index contributed by atoms with van der Waals surface area (Å²) in [5.41, 5.74) is 0. The number of carboxylic acid groups (broad SMARTS) is 1. The van der Waals surface area contributed by atoms with Crippen molar-refractivity contribution in [1.29, 1.82) is 0 Å². The molecule has 1 N–H and O–H groups in total. The number of hydrogen-bond donors (Lipinski definition) is 1. The Morgan fingerprint density at radius 2 is 2.27 bits per heavy atom. The molecule has 0 aromatic carbocycles. The number of likely N-dealkylation sites (tertiary alicyclic amines) is 1. The second-order valence-corrected chi connectivity index (χ2v) is 4.29. The Hall–Kier alpha value is -0.750. The molecule has 0 spiro atoms. The molecule has 1 aliphatic rings. The third-order valence-corrected chi connectivity index (χ3v) is 3.00. The molecule has 1 rings (SSSR count). The first-order chi connectivity index (χ1) is 7.10. The zero-order valence-corrected chi connectivity index (χ0v) is 9.62. The summed E-state index contributed by atoms with van der Waals surface area (Å²) < 4.78 is 5.09. The van der Waals surface area contributed by atoms with Gasteiger partial charge in [-0.1, -0.05) is 0 Å². The second kappa shape index (κ2) is 5.37. The van der Waals surface area contributed by atoms with Gasteiger partial charge in [0.15, 0.2) is 0 Å². The van der Waals surface area contributed by atoms with Crippen molar-refractivity contribution < 1.29 is 19.4 Å². The molecule has 1 aliphatic heterocycles. The van der Waals surface area contributed by atoms with Crippen molar-refractivity contribution in [3.05, 3.63) is 0 Å². The minimum absolute atomic E-state index is 0.130. The van der Waals surface area contributed by atoms with Gasteiger partial charge < -0.3 is 14.7 Å². The van der Waals surface area contributed by atoms with E-state index in [0.717, 1.165) is 0 Å². The Bertz CT molecular complexity index is 258. The number of thioether (sulfide) groups is 1. The highest BCUT2D eigenvalue weighted by atomic mass is 32.2. The average molecular weight is 233 g/mol. The molecule has 0 saturated carbocycles. The molecule has 1 heterocycles. The summed E-state index contributed by atoms with van der Waals surface area (Å²) in [6.07, 6.45) is 2.04. The second-order valence-electron chi connectivity index (χ2n) is 3.43. The first kappa shape index (κ1) is 12.3. The van der Waals surface area contributed by atoms with E-state index in [4.69, 9.17) is 9.84 Å². The first-order valence-corrected chi connectivity index (χ1v) is 6.03. The Morgan fingerprint density at radius 1 is 1.60 bits per heavy atom. The van der Waals surface area contributed by atoms with Gasteiger partial charge >= 0.3 is 5.97 Å². The third-order valence-electron chi connectivity index (χ3n) is 2.47. The van der Waals surface area contributed by atoms with Gasteiger partial charge in [0.25, 0.3) is 0 Å². The highest BCUT2D eigenvalue weighted by Crippen LogP contribution is 2.21. The lowest BCUT2D eigenvalue weighted by Gasteiger charge is -2.20. The Kier molecular flexibility index (Phi) is 4.41. The van der Waals surface area contributed by atoms with E-state index in [-0.39, 0.29) is 12.0 Å². The van der Waals surface area contributed by atoms with Crippen molar-refractivity contribution in [2.45, 2.75) is 18.6 Å². The quantitative estimate of drug-likeness (QED) is 0.743. The van der Waals surface area contributed by atoms with E-state index in [1.807, 2.05) is 6.26 Å². The Morgan fingerprint density at radius 3 is 2.73 bits per heavy atom. The van der Waals surface area contributed by atoms with Gasteiger partial charge in [0.2, 0.25) is 5.91 Å². The van der Waals surface area contributed by atoms with Gasteiger partial charge in [-0.3, -0.25) is 4.79 Å². The van der Waals surface area contributed by atoms with Crippen molar-refractivity contribution in [2.75, 3.05) is 25.7 Å². The molecule has 6 heteroatoms. The van der Waals surface area contributed by atoms with Crippen molar-refractivity contribution in [1.82, 2.24) is 4.90 Å². The van der Waals surface area contributed by atoms with Crippen LogP contribution in [0.1, 0.15) is 6.42 Å². The number of ether oxygens (including phenoxy) is 1. The van der Waals surface area contributed by atoms with E-state index < -0.39 is 12.0 Å². The summed E-state index contributed by atoms with van der Waals surface area (Å²) in [7, 11) is 1.53. The Labute approximate surface area is 92.8 Å². The van der Waals surface area contributed by atoms with Crippen LogP contribution in [0.4, 0.5) is 0 Å². The lowest BCUT2D eigenvalue weighted by Crippen LogP contribution is -2.41. The number of rotatable bonds is 4. The first-order valence-electron chi connectivity index (χ1n) is 4.64. The fraction of sp³-hybridized carbons (Fsp3) is 0.778. The highest BCUT2D eigenvalue weighted by Gasteiger charge is 2.39. The molecular weight excluding hydrogens is 218 g/mol. The van der Waals surface area contributed by atoms with Crippen molar-refractivity contribution >= 4 is 23.6 Å². The number of amides is 1. The maximum atomic E-state index is 11.6. The van der Waals surface area contributed by atoms with Gasteiger partial charge in [-0.25, -0.2) is 4.79 Å². The summed E-state index contributed by atoms with van der Waals surface area (Å²) in [5, 5.41) is 8.96. The minimum Gasteiger partial charge on any atom is -0.480 e. The number of carbonyl (C=O) groups excluding carboxylic acids is 1. The van der Waals surface area contributed by atoms with E-state index in [9.17, 15) is 9.59 Å². The van der Waals surface area contributed by atoms with Crippen LogP contribution in [-0.4, -0.2) is 59.7 Å². The van der Waals surface area contributed by atoms with Gasteiger partial charge in [-0.2, -0.15) is 11.8 Å². The third kappa shape index (κ3) is 2.85. The average Bonchev–Trinajstić information content (AvgIpc) is 2.61. The molecular formula is C9H15NO4S. The molecule has 2 atom stereocenters. The van der Waals surface area contributed by atoms with E-state index in [0.29, 0.717) is 18.7 Å². The van der Waals surface area contributed by atoms with Crippen molar-refractivity contribution in [2.24, 2.45) is 0 Å². The van der Waals surface area contributed by atoms with Crippen LogP contribution in [0.5, 0.6) is 0 Å². The lowest BCUT2D eigenvalue weighted by atomic mass is 10.2. The van der Waals surface area contributed by atoms with E-state index in [1.54, 1.807) is 0 Å². The molecule has 0 bridgehead atoms. The predicted molar refractivity (Wildman–Crippen MR) is 56.9 cm³/mol. The van der Waals surface area contributed by atoms with Gasteiger partial charge in [0.1, 0.15) is 6.04 Å². The number of aliphatic carboxylic acids is 1. The largest absolute Gasteiger partial charge is 0.480 e. The SMILES string of the molecule is COC1CC(C(=O)O)N(C(=O)CSC)C1. The van der Waals surface area contributed by atoms with E-state index >= 15 is 0 Å². The summed E-state index contributed by atoms with van der Waals surface area (Å²) in [4.78, 5) is 23.9. The van der Waals surface area contributed by atoms with Crippen molar-refractivity contribution in [3.63, 3.8) is 0 Å². The molecule has 15 heavy (non-hydrogen) atoms. The van der Waals surface area contributed by atoms with Crippen LogP contribution >= 0.6 is 11.8 Å². The number of carboxylic acids is 1. The highest BCUT2D eigenvalue weighted by molar-refractivity contribution is 7.99. The molecule has 5 nitrogen and oxygen atoms in total. The van der Waals surface area contributed by atoms with Gasteiger partial charge in [0, 0.05) is 20.1 Å². The zero-order chi connectivity index (χ0) is 11.4. The normalized spacial score (nSPS) is 25.6. The smallest absolute Gasteiger partial charge is 0.326 e. The standard InChI is InChI=1S/C9H15NO4S/c1-14-6-3-7(9(12)13)10(4-6)8(11)5-15-2/h6-7H,3-5H2,1-2H3,(H,12,13). The monoisotopic (exact) mass is 233 g/mol. The van der Waals surface area contributed by atoms with Gasteiger partial charge in [0.05, 0.1) is 11.9 Å². The van der Waals surface area contributed by atoms with Crippen LogP contribution < -0.4 is 0 Å². The summed E-state index contributed by atoms with van der Waals surface area (Å²) >= 11 is 1.39. The molecule has 0 radical (unpaired) electrons. The van der Waals surface area contributed by atoms with Crippen molar-refractivity contribution in [3.8, 4) is 0 Å². The van der Waals surface area contributed by atoms with Crippen LogP contribution in [0.15, 0.2) is 0 Å². The lowest BCUT2D eigenvalue weighted by molar-refractivity contribution is -0.147. The van der Waals surface area contributed by atoms with Crippen LogP contribution in [0, 0.1) is 0 Å². The fourth-order valence-corrected chi connectivity index (χ4v) is 2.10. The minimum atomic E-state index is -0.955. The molecule has 1 amide bonds. The topological polar surface area (TPSA) is 66.8 Å². The van der Waals surface area contributed by atoms with Gasteiger partial charge in [-0.05, 0) is 6.26 Å². The number of methoxy groups -OCH3 is 1. The van der Waals surface area contributed by atoms with Gasteiger partial charge in [-0.15, -0.1) is 0 Å². The van der Waals surface area contributed by atoms with Crippen LogP contribution in [0.2, 0.25) is 0 Å². The van der Waals surface area contributed by atoms with E-state index in [1.165, 1.54) is 23.8 Å². The van der Waals surface area contributed by atoms with E-state index in [2.05, 4.69) is 0 Å². The molecule has 86 valence electrons. The molecule has 0 aromatic rings. The predicted octanol–water partition coefficient (Wildman–Crippen LogP) is 0.0499. The summed E-state index contributed by atoms with van der Waals surface area (Å²) in [5.74, 6) is -0.765. The summed E-state index contributed by atoms with van der Waals surface area (Å²) in [6.45, 7) is 0.382. The summed E-state index contributed by atoms with van der Waals surface area (Å²) in [6, 6.07) is -0.727. The molecule has 2 unspecified atom stereocenters. The number of nitrogens with zero attached hydrogens (tertiary/aromatic N) is 1. The molecule has 1 fully saturated rings. The van der Waals surface area contributed by atoms with Crippen LogP contribution in [-0.2, 0) is 14.3 Å². The maximum absolute atomic E-state index is 11.6. The fourth-order valence-electron chi connectivity index (χ4n) is 1.68. The molecule has 1 saturated heterocycles. The number of carbonyl (C=O) groups is 2. The Balaban J connectivity index is 2.68. The van der Waals surface area contributed by atoms with Crippen LogP contribution in [0.25, 0.3) is 0 Å². The number of hydrogen-bond acceptors (Lipinski definition) is 4. The zero-order valence-electron chi connectivity index (χ0n) is 8.80. The molecule has 0 aromatic heterocycles. The maximum Gasteiger partial charge on any atom is 0.326 e.